The number of alkyl carbamates (subject to hydrolysis) is 1. The Bertz CT molecular complexity index is 1140. The average molecular weight is 533 g/mol. The monoisotopic (exact) mass is 532 g/mol. The molecule has 3 aliphatic rings. The number of methoxy groups -OCH3 is 1. The van der Waals surface area contributed by atoms with Crippen LogP contribution in [0.2, 0.25) is 5.02 Å². The highest BCUT2D eigenvalue weighted by Crippen LogP contribution is 2.50. The van der Waals surface area contributed by atoms with Crippen LogP contribution >= 0.6 is 11.6 Å². The lowest BCUT2D eigenvalue weighted by molar-refractivity contribution is -0.119. The summed E-state index contributed by atoms with van der Waals surface area (Å²) in [7, 11) is 3.28. The number of allylic oxidation sites excluding steroid dienone is 3. The standard InChI is InChI=1S/C28H37ClN2O6/c1-16-9-7-8-10-28(34)15-22(36-26(33)30-28)18(3)25-27(4,37-25)17(2)12-23(32)31(5)20-13-19(11-16)14-21(35-6)24(20)29/h7-9,13-14,17-18,22,25,34H,10-12,15H2,1-6H3,(H,30,33)/b8-7+,16-9+/t17?,18-,22+,25+,27+,28-/m1/s1. The van der Waals surface area contributed by atoms with Gasteiger partial charge in [0.2, 0.25) is 5.91 Å². The molecule has 2 N–H and O–H groups in total. The Hall–Kier alpha value is -2.55. The number of benzene rings is 1. The van der Waals surface area contributed by atoms with E-state index < -0.39 is 23.5 Å². The van der Waals surface area contributed by atoms with Crippen LogP contribution in [0.3, 0.4) is 0 Å². The molecule has 4 bridgehead atoms. The fourth-order valence-electron chi connectivity index (χ4n) is 5.42. The van der Waals surface area contributed by atoms with Gasteiger partial charge in [-0.1, -0.05) is 49.2 Å². The van der Waals surface area contributed by atoms with Crippen LogP contribution in [0.5, 0.6) is 5.75 Å². The molecule has 0 radical (unpaired) electrons. The van der Waals surface area contributed by atoms with Gasteiger partial charge in [0.25, 0.3) is 0 Å². The molecular formula is C28H37ClN2O6. The number of carbonyl (C=O) groups is 2. The van der Waals surface area contributed by atoms with Crippen LogP contribution in [0.1, 0.15) is 52.5 Å². The lowest BCUT2D eigenvalue weighted by Gasteiger charge is -2.38. The van der Waals surface area contributed by atoms with Gasteiger partial charge in [-0.05, 0) is 43.9 Å². The van der Waals surface area contributed by atoms with Crippen molar-refractivity contribution in [2.24, 2.45) is 11.8 Å². The smallest absolute Gasteiger partial charge is 0.409 e. The zero-order valence-electron chi connectivity index (χ0n) is 22.3. The number of nitrogens with zero attached hydrogens (tertiary/aromatic N) is 1. The van der Waals surface area contributed by atoms with Gasteiger partial charge in [-0.15, -0.1) is 0 Å². The Kier molecular flexibility index (Phi) is 7.66. The third-order valence-electron chi connectivity index (χ3n) is 8.03. The molecule has 3 heterocycles. The second-order valence-electron chi connectivity index (χ2n) is 10.9. The molecule has 0 spiro atoms. The van der Waals surface area contributed by atoms with Crippen LogP contribution in [0.25, 0.3) is 0 Å². The second-order valence-corrected chi connectivity index (χ2v) is 11.3. The zero-order chi connectivity index (χ0) is 27.1. The van der Waals surface area contributed by atoms with Crippen LogP contribution in [0.4, 0.5) is 10.5 Å². The van der Waals surface area contributed by atoms with E-state index in [-0.39, 0.29) is 43.1 Å². The number of amides is 2. The molecule has 1 aromatic carbocycles. The first-order chi connectivity index (χ1) is 17.4. The molecule has 2 saturated heterocycles. The van der Waals surface area contributed by atoms with E-state index in [0.29, 0.717) is 22.9 Å². The van der Waals surface area contributed by atoms with Crippen molar-refractivity contribution < 1.29 is 28.9 Å². The Morgan fingerprint density at radius 1 is 1.27 bits per heavy atom. The fraction of sp³-hybridized carbons (Fsp3) is 0.571. The summed E-state index contributed by atoms with van der Waals surface area (Å²) < 4.78 is 17.2. The van der Waals surface area contributed by atoms with Gasteiger partial charge >= 0.3 is 6.09 Å². The Morgan fingerprint density at radius 2 is 2.00 bits per heavy atom. The highest BCUT2D eigenvalue weighted by molar-refractivity contribution is 6.35. The number of fused-ring (bicyclic) bond motifs is 5. The molecule has 9 heteroatoms. The summed E-state index contributed by atoms with van der Waals surface area (Å²) in [5.41, 5.74) is 0.637. The second kappa shape index (κ2) is 10.3. The Morgan fingerprint density at radius 3 is 2.70 bits per heavy atom. The summed E-state index contributed by atoms with van der Waals surface area (Å²) in [5.74, 6) is 0.145. The lowest BCUT2D eigenvalue weighted by Crippen LogP contribution is -2.57. The maximum absolute atomic E-state index is 13.4. The van der Waals surface area contributed by atoms with Gasteiger partial charge in [0.05, 0.1) is 24.5 Å². The number of anilines is 1. The van der Waals surface area contributed by atoms with Crippen molar-refractivity contribution in [2.75, 3.05) is 19.1 Å². The van der Waals surface area contributed by atoms with Crippen LogP contribution in [-0.2, 0) is 20.7 Å². The summed E-state index contributed by atoms with van der Waals surface area (Å²) in [6.07, 6.45) is 5.64. The first-order valence-electron chi connectivity index (χ1n) is 12.7. The minimum Gasteiger partial charge on any atom is -0.495 e. The number of nitrogens with one attached hydrogen (secondary N) is 1. The molecule has 37 heavy (non-hydrogen) atoms. The molecular weight excluding hydrogens is 496 g/mol. The molecule has 2 amide bonds. The van der Waals surface area contributed by atoms with Gasteiger partial charge < -0.3 is 24.2 Å². The maximum Gasteiger partial charge on any atom is 0.409 e. The molecule has 1 unspecified atom stereocenters. The van der Waals surface area contributed by atoms with E-state index in [0.717, 1.165) is 11.1 Å². The summed E-state index contributed by atoms with van der Waals surface area (Å²) >= 11 is 6.62. The predicted octanol–water partition coefficient (Wildman–Crippen LogP) is 4.77. The van der Waals surface area contributed by atoms with E-state index in [2.05, 4.69) is 5.32 Å². The van der Waals surface area contributed by atoms with Gasteiger partial charge in [-0.25, -0.2) is 4.79 Å². The van der Waals surface area contributed by atoms with Crippen LogP contribution in [0, 0.1) is 11.8 Å². The van der Waals surface area contributed by atoms with Gasteiger partial charge in [0, 0.05) is 32.2 Å². The van der Waals surface area contributed by atoms with Crippen LogP contribution < -0.4 is 15.0 Å². The number of ether oxygens (including phenoxy) is 3. The highest BCUT2D eigenvalue weighted by atomic mass is 35.5. The SMILES string of the molecule is COc1cc2cc(c1Cl)N(C)C(=O)CC(C)[C@]1(C)O[C@H]1[C@H](C)[C@@H]1C[C@](O)(C/C=C/C=C(\C)C2)NC(=O)O1. The van der Waals surface area contributed by atoms with Gasteiger partial charge in [-0.3, -0.25) is 10.1 Å². The third-order valence-corrected chi connectivity index (χ3v) is 8.41. The maximum atomic E-state index is 13.4. The Balaban J connectivity index is 1.70. The Labute approximate surface area is 223 Å². The van der Waals surface area contributed by atoms with Crippen LogP contribution in [-0.4, -0.2) is 54.8 Å². The molecule has 0 aliphatic carbocycles. The molecule has 4 rings (SSSR count). The van der Waals surface area contributed by atoms with Crippen molar-refractivity contribution in [1.82, 2.24) is 5.32 Å². The number of halogens is 1. The van der Waals surface area contributed by atoms with Crippen molar-refractivity contribution in [2.45, 2.75) is 76.9 Å². The largest absolute Gasteiger partial charge is 0.495 e. The molecule has 8 nitrogen and oxygen atoms in total. The molecule has 3 aliphatic heterocycles. The predicted molar refractivity (Wildman–Crippen MR) is 142 cm³/mol. The molecule has 2 fully saturated rings. The summed E-state index contributed by atoms with van der Waals surface area (Å²) in [4.78, 5) is 27.3. The van der Waals surface area contributed by atoms with Gasteiger partial charge in [0.1, 0.15) is 22.6 Å². The minimum absolute atomic E-state index is 0.0903. The van der Waals surface area contributed by atoms with Crippen LogP contribution in [0.15, 0.2) is 35.9 Å². The van der Waals surface area contributed by atoms with Crippen molar-refractivity contribution in [3.63, 3.8) is 0 Å². The van der Waals surface area contributed by atoms with Crippen molar-refractivity contribution in [3.8, 4) is 5.75 Å². The highest BCUT2D eigenvalue weighted by Gasteiger charge is 2.61. The quantitative estimate of drug-likeness (QED) is 0.505. The van der Waals surface area contributed by atoms with E-state index in [1.807, 2.05) is 58.1 Å². The first-order valence-corrected chi connectivity index (χ1v) is 13.1. The fourth-order valence-corrected chi connectivity index (χ4v) is 5.73. The van der Waals surface area contributed by atoms with E-state index >= 15 is 0 Å². The molecule has 0 saturated carbocycles. The molecule has 202 valence electrons. The number of rotatable bonds is 1. The minimum atomic E-state index is -1.41. The third kappa shape index (κ3) is 5.66. The average Bonchev–Trinajstić information content (AvgIpc) is 3.53. The van der Waals surface area contributed by atoms with Crippen molar-refractivity contribution >= 4 is 29.3 Å². The summed E-state index contributed by atoms with van der Waals surface area (Å²) in [6, 6.07) is 3.80. The van der Waals surface area contributed by atoms with E-state index in [4.69, 9.17) is 25.8 Å². The molecule has 6 atom stereocenters. The molecule has 1 aromatic rings. The van der Waals surface area contributed by atoms with Gasteiger partial charge in [-0.2, -0.15) is 0 Å². The summed E-state index contributed by atoms with van der Waals surface area (Å²) in [5, 5.41) is 14.1. The van der Waals surface area contributed by atoms with Crippen molar-refractivity contribution in [3.05, 3.63) is 46.5 Å². The molecule has 0 aromatic heterocycles. The van der Waals surface area contributed by atoms with E-state index in [1.54, 1.807) is 19.1 Å². The van der Waals surface area contributed by atoms with E-state index in [1.165, 1.54) is 0 Å². The summed E-state index contributed by atoms with van der Waals surface area (Å²) in [6.45, 7) is 7.93. The van der Waals surface area contributed by atoms with Crippen molar-refractivity contribution in [1.29, 1.82) is 0 Å². The number of epoxide rings is 1. The number of hydrogen-bond donors (Lipinski definition) is 2. The van der Waals surface area contributed by atoms with Gasteiger partial charge in [0.15, 0.2) is 0 Å². The number of aliphatic hydroxyl groups is 1. The number of carbonyl (C=O) groups excluding carboxylic acids is 2. The van der Waals surface area contributed by atoms with E-state index in [9.17, 15) is 14.7 Å². The first kappa shape index (κ1) is 27.5. The lowest BCUT2D eigenvalue weighted by atomic mass is 9.81. The normalized spacial score (nSPS) is 37.0. The number of hydrogen-bond acceptors (Lipinski definition) is 6. The zero-order valence-corrected chi connectivity index (χ0v) is 23.1. The topological polar surface area (TPSA) is 101 Å².